The van der Waals surface area contributed by atoms with Crippen LogP contribution in [0.2, 0.25) is 0 Å². The molecule has 0 aliphatic carbocycles. The Morgan fingerprint density at radius 3 is 2.50 bits per heavy atom. The number of carboxylic acid groups (broad SMARTS) is 2. The quantitative estimate of drug-likeness (QED) is 0.311. The van der Waals surface area contributed by atoms with Gasteiger partial charge in [0.2, 0.25) is 17.7 Å². The van der Waals surface area contributed by atoms with Crippen LogP contribution in [0.3, 0.4) is 0 Å². The van der Waals surface area contributed by atoms with Crippen LogP contribution in [0.25, 0.3) is 0 Å². The first-order valence-corrected chi connectivity index (χ1v) is 12.7. The van der Waals surface area contributed by atoms with E-state index in [-0.39, 0.29) is 24.7 Å². The van der Waals surface area contributed by atoms with Crippen molar-refractivity contribution in [3.8, 4) is 5.75 Å². The number of rotatable bonds is 8. The summed E-state index contributed by atoms with van der Waals surface area (Å²) in [6.45, 7) is 3.49. The first-order valence-electron chi connectivity index (χ1n) is 11.8. The lowest BCUT2D eigenvalue weighted by Crippen LogP contribution is -2.71. The Hall–Kier alpha value is -3.78. The van der Waals surface area contributed by atoms with E-state index in [0.717, 1.165) is 0 Å². The van der Waals surface area contributed by atoms with Crippen molar-refractivity contribution < 1.29 is 43.7 Å². The molecule has 6 atom stereocenters. The van der Waals surface area contributed by atoms with Crippen LogP contribution in [0.1, 0.15) is 31.9 Å². The fourth-order valence-electron chi connectivity index (χ4n) is 5.10. The van der Waals surface area contributed by atoms with Crippen molar-refractivity contribution in [2.45, 2.75) is 60.8 Å². The standard InChI is InChI=1S/C24H26N4O9S/c1-24(2)18(23(34)35)28-20(31)16(21(28)38-24)26-19(30)15(25)10-3-5-11(6-4-10)36-8-7-12-17(22(32)33)27-13(29)9-14(27)37-12/h3-7,14-18,21H,8-9,25H2,1-2H3,(H,26,30)(H,32,33)(H,34,35)/b12-7-/t14-,15-,16-,17-,18+,21-/m1/s1. The number of benzene rings is 1. The molecule has 0 radical (unpaired) electrons. The van der Waals surface area contributed by atoms with Crippen LogP contribution in [-0.4, -0.2) is 90.8 Å². The van der Waals surface area contributed by atoms with Crippen LogP contribution in [0.15, 0.2) is 36.1 Å². The number of hydrogen-bond donors (Lipinski definition) is 4. The second-order valence-electron chi connectivity index (χ2n) is 9.87. The molecule has 1 aromatic rings. The monoisotopic (exact) mass is 546 g/mol. The maximum Gasteiger partial charge on any atom is 0.334 e. The van der Waals surface area contributed by atoms with Crippen molar-refractivity contribution >= 4 is 41.4 Å². The minimum Gasteiger partial charge on any atom is -0.489 e. The van der Waals surface area contributed by atoms with Crippen LogP contribution in [0.5, 0.6) is 5.75 Å². The predicted molar refractivity (Wildman–Crippen MR) is 130 cm³/mol. The zero-order chi connectivity index (χ0) is 27.5. The summed E-state index contributed by atoms with van der Waals surface area (Å²) in [7, 11) is 0. The molecule has 0 unspecified atom stereocenters. The average molecular weight is 547 g/mol. The average Bonchev–Trinajstić information content (AvgIpc) is 3.30. The van der Waals surface area contributed by atoms with Gasteiger partial charge in [0, 0.05) is 4.75 Å². The van der Waals surface area contributed by atoms with E-state index in [2.05, 4.69) is 5.32 Å². The predicted octanol–water partition coefficient (Wildman–Crippen LogP) is -0.377. The maximum atomic E-state index is 12.8. The Bertz CT molecular complexity index is 1250. The highest BCUT2D eigenvalue weighted by Gasteiger charge is 2.64. The minimum atomic E-state index is -1.18. The molecule has 4 fully saturated rings. The number of nitrogens with one attached hydrogen (secondary N) is 1. The Morgan fingerprint density at radius 2 is 1.89 bits per heavy atom. The number of hydrogen-bond acceptors (Lipinski definition) is 9. The fraction of sp³-hybridized carbons (Fsp3) is 0.458. The van der Waals surface area contributed by atoms with Gasteiger partial charge in [-0.05, 0) is 37.6 Å². The summed E-state index contributed by atoms with van der Waals surface area (Å²) in [6.07, 6.45) is 1.05. The van der Waals surface area contributed by atoms with Crippen molar-refractivity contribution in [2.24, 2.45) is 5.73 Å². The summed E-state index contributed by atoms with van der Waals surface area (Å²) in [6, 6.07) is 2.29. The van der Waals surface area contributed by atoms with E-state index in [1.165, 1.54) is 27.6 Å². The molecule has 0 spiro atoms. The van der Waals surface area contributed by atoms with E-state index in [1.807, 2.05) is 0 Å². The van der Waals surface area contributed by atoms with Crippen molar-refractivity contribution in [1.29, 1.82) is 0 Å². The largest absolute Gasteiger partial charge is 0.489 e. The molecular formula is C24H26N4O9S. The SMILES string of the molecule is CC1(C)S[C@@H]2[C@H](NC(=O)[C@H](N)c3ccc(OC/C=C4\O[C@@H]5CC(=O)N5[C@H]4C(=O)O)cc3)C(=O)N2[C@H]1C(=O)O. The molecule has 5 rings (SSSR count). The van der Waals surface area contributed by atoms with Gasteiger partial charge in [-0.2, -0.15) is 0 Å². The minimum absolute atomic E-state index is 0.00716. The first-order chi connectivity index (χ1) is 17.9. The number of nitrogens with zero attached hydrogens (tertiary/aromatic N) is 2. The van der Waals surface area contributed by atoms with E-state index < -0.39 is 64.3 Å². The summed E-state index contributed by atoms with van der Waals surface area (Å²) in [5.41, 5.74) is 6.57. The number of carboxylic acids is 2. The van der Waals surface area contributed by atoms with Crippen molar-refractivity contribution in [3.05, 3.63) is 41.7 Å². The zero-order valence-corrected chi connectivity index (χ0v) is 21.2. The molecule has 4 saturated heterocycles. The van der Waals surface area contributed by atoms with E-state index in [1.54, 1.807) is 38.1 Å². The molecule has 4 aliphatic heterocycles. The van der Waals surface area contributed by atoms with Gasteiger partial charge in [0.15, 0.2) is 12.3 Å². The number of amides is 3. The van der Waals surface area contributed by atoms with Gasteiger partial charge in [-0.15, -0.1) is 11.8 Å². The number of thioether (sulfide) groups is 1. The second kappa shape index (κ2) is 9.20. The number of nitrogens with two attached hydrogens (primary N) is 1. The third-order valence-electron chi connectivity index (χ3n) is 7.03. The molecule has 14 heteroatoms. The number of carbonyl (C=O) groups excluding carboxylic acids is 3. The number of ether oxygens (including phenoxy) is 2. The molecule has 13 nitrogen and oxygen atoms in total. The summed E-state index contributed by atoms with van der Waals surface area (Å²) < 4.78 is 10.4. The van der Waals surface area contributed by atoms with Crippen LogP contribution in [0, 0.1) is 0 Å². The third-order valence-corrected chi connectivity index (χ3v) is 8.60. The van der Waals surface area contributed by atoms with Crippen molar-refractivity contribution in [2.75, 3.05) is 6.61 Å². The summed E-state index contributed by atoms with van der Waals surface area (Å²) in [5.74, 6) is -3.01. The highest BCUT2D eigenvalue weighted by molar-refractivity contribution is 8.01. The van der Waals surface area contributed by atoms with Crippen molar-refractivity contribution in [1.82, 2.24) is 15.1 Å². The first kappa shape index (κ1) is 25.9. The summed E-state index contributed by atoms with van der Waals surface area (Å²) in [4.78, 5) is 62.7. The van der Waals surface area contributed by atoms with Crippen LogP contribution >= 0.6 is 11.8 Å². The van der Waals surface area contributed by atoms with Gasteiger partial charge in [-0.3, -0.25) is 19.3 Å². The Labute approximate surface area is 220 Å². The van der Waals surface area contributed by atoms with Gasteiger partial charge in [-0.1, -0.05) is 12.1 Å². The molecule has 0 bridgehead atoms. The normalized spacial score (nSPS) is 30.5. The van der Waals surface area contributed by atoms with Gasteiger partial charge < -0.3 is 35.6 Å². The van der Waals surface area contributed by atoms with E-state index >= 15 is 0 Å². The molecule has 1 aromatic carbocycles. The Balaban J connectivity index is 1.16. The lowest BCUT2D eigenvalue weighted by Gasteiger charge is -2.43. The highest BCUT2D eigenvalue weighted by atomic mass is 32.2. The number of β-lactam (4-membered cyclic amide) rings is 2. The summed E-state index contributed by atoms with van der Waals surface area (Å²) >= 11 is 1.33. The van der Waals surface area contributed by atoms with E-state index in [9.17, 15) is 34.2 Å². The van der Waals surface area contributed by atoms with Crippen LogP contribution in [0.4, 0.5) is 0 Å². The Kier molecular flexibility index (Phi) is 6.26. The summed E-state index contributed by atoms with van der Waals surface area (Å²) in [5, 5.41) is 21.1. The number of fused-ring (bicyclic) bond motifs is 2. The molecule has 0 saturated carbocycles. The number of carbonyl (C=O) groups is 5. The molecule has 0 aromatic heterocycles. The molecule has 3 amide bonds. The molecule has 38 heavy (non-hydrogen) atoms. The van der Waals surface area contributed by atoms with Crippen LogP contribution in [-0.2, 0) is 28.7 Å². The van der Waals surface area contributed by atoms with Gasteiger partial charge in [0.1, 0.15) is 41.6 Å². The van der Waals surface area contributed by atoms with Gasteiger partial charge in [-0.25, -0.2) is 9.59 Å². The zero-order valence-electron chi connectivity index (χ0n) is 20.4. The molecule has 202 valence electrons. The maximum absolute atomic E-state index is 12.8. The lowest BCUT2D eigenvalue weighted by atomic mass is 9.95. The van der Waals surface area contributed by atoms with E-state index in [4.69, 9.17) is 15.2 Å². The smallest absolute Gasteiger partial charge is 0.334 e. The molecular weight excluding hydrogens is 520 g/mol. The molecule has 4 heterocycles. The third kappa shape index (κ3) is 4.13. The molecule has 4 aliphatic rings. The topological polar surface area (TPSA) is 189 Å². The Morgan fingerprint density at radius 1 is 1.21 bits per heavy atom. The second-order valence-corrected chi connectivity index (χ2v) is 11.6. The lowest BCUT2D eigenvalue weighted by molar-refractivity contribution is -0.163. The van der Waals surface area contributed by atoms with Crippen LogP contribution < -0.4 is 15.8 Å². The number of aliphatic carboxylic acids is 2. The fourth-order valence-corrected chi connectivity index (χ4v) is 6.73. The van der Waals surface area contributed by atoms with Gasteiger partial charge in [0.25, 0.3) is 0 Å². The van der Waals surface area contributed by atoms with E-state index in [0.29, 0.717) is 11.3 Å². The molecule has 5 N–H and O–H groups in total. The van der Waals surface area contributed by atoms with Gasteiger partial charge in [0.05, 0.1) is 6.42 Å². The highest BCUT2D eigenvalue weighted by Crippen LogP contribution is 2.50. The van der Waals surface area contributed by atoms with Gasteiger partial charge >= 0.3 is 11.9 Å². The van der Waals surface area contributed by atoms with Crippen molar-refractivity contribution in [3.63, 3.8) is 0 Å².